The van der Waals surface area contributed by atoms with Crippen LogP contribution >= 0.6 is 15.9 Å². The minimum absolute atomic E-state index is 0.941. The van der Waals surface area contributed by atoms with Gasteiger partial charge in [-0.2, -0.15) is 0 Å². The van der Waals surface area contributed by atoms with Gasteiger partial charge in [-0.1, -0.05) is 0 Å². The molecule has 0 saturated carbocycles. The SMILES string of the molecule is C[Si](C)(C)On1cc(Br)cn1. The first-order valence-corrected chi connectivity index (χ1v) is 7.57. The van der Waals surface area contributed by atoms with Gasteiger partial charge >= 0.3 is 0 Å². The van der Waals surface area contributed by atoms with Crippen LogP contribution in [0.2, 0.25) is 19.6 Å². The van der Waals surface area contributed by atoms with Crippen LogP contribution in [0, 0.1) is 0 Å². The molecule has 0 radical (unpaired) electrons. The van der Waals surface area contributed by atoms with Crippen molar-refractivity contribution in [3.63, 3.8) is 0 Å². The molecule has 0 aliphatic rings. The summed E-state index contributed by atoms with van der Waals surface area (Å²) in [5, 5.41) is 3.98. The highest BCUT2D eigenvalue weighted by Gasteiger charge is 2.17. The molecule has 0 amide bonds. The molecule has 3 nitrogen and oxygen atoms in total. The van der Waals surface area contributed by atoms with Crippen molar-refractivity contribution >= 4 is 24.2 Å². The fourth-order valence-electron chi connectivity index (χ4n) is 0.615. The van der Waals surface area contributed by atoms with Gasteiger partial charge in [0.2, 0.25) is 0 Å². The monoisotopic (exact) mass is 234 g/mol. The average Bonchev–Trinajstić information content (AvgIpc) is 2.10. The summed E-state index contributed by atoms with van der Waals surface area (Å²) in [4.78, 5) is 1.51. The third-order valence-corrected chi connectivity index (χ3v) is 2.04. The van der Waals surface area contributed by atoms with E-state index in [1.54, 1.807) is 12.4 Å². The van der Waals surface area contributed by atoms with Crippen molar-refractivity contribution < 1.29 is 4.53 Å². The number of nitrogens with zero attached hydrogens (tertiary/aromatic N) is 2. The van der Waals surface area contributed by atoms with Crippen LogP contribution < -0.4 is 4.53 Å². The van der Waals surface area contributed by atoms with Gasteiger partial charge in [-0.15, -0.1) is 9.94 Å². The molecular weight excluding hydrogens is 224 g/mol. The van der Waals surface area contributed by atoms with Gasteiger partial charge in [-0.05, 0) is 35.6 Å². The maximum atomic E-state index is 5.54. The quantitative estimate of drug-likeness (QED) is 0.732. The van der Waals surface area contributed by atoms with Crippen molar-refractivity contribution in [2.24, 2.45) is 0 Å². The summed E-state index contributed by atoms with van der Waals surface area (Å²) in [6, 6.07) is 0. The molecular formula is C6H11BrN2OSi. The first kappa shape index (κ1) is 8.80. The molecule has 0 fully saturated rings. The molecule has 0 spiro atoms. The highest BCUT2D eigenvalue weighted by molar-refractivity contribution is 9.10. The van der Waals surface area contributed by atoms with E-state index < -0.39 is 8.32 Å². The summed E-state index contributed by atoms with van der Waals surface area (Å²) < 4.78 is 6.48. The second-order valence-corrected chi connectivity index (χ2v) is 8.59. The van der Waals surface area contributed by atoms with Crippen LogP contribution in [-0.2, 0) is 0 Å². The molecule has 1 heterocycles. The van der Waals surface area contributed by atoms with E-state index in [1.807, 2.05) is 0 Å². The van der Waals surface area contributed by atoms with Crippen molar-refractivity contribution in [1.29, 1.82) is 0 Å². The third kappa shape index (κ3) is 3.07. The van der Waals surface area contributed by atoms with E-state index in [-0.39, 0.29) is 0 Å². The fraction of sp³-hybridized carbons (Fsp3) is 0.500. The Balaban J connectivity index is 2.65. The van der Waals surface area contributed by atoms with Crippen LogP contribution in [-0.4, -0.2) is 18.3 Å². The van der Waals surface area contributed by atoms with Crippen LogP contribution in [0.1, 0.15) is 0 Å². The van der Waals surface area contributed by atoms with E-state index in [2.05, 4.69) is 40.7 Å². The molecule has 1 rings (SSSR count). The zero-order valence-corrected chi connectivity index (χ0v) is 9.42. The van der Waals surface area contributed by atoms with Gasteiger partial charge in [-0.3, -0.25) is 0 Å². The summed E-state index contributed by atoms with van der Waals surface area (Å²) in [5.74, 6) is 0. The Bertz CT molecular complexity index is 243. The highest BCUT2D eigenvalue weighted by Crippen LogP contribution is 2.06. The topological polar surface area (TPSA) is 27.1 Å². The van der Waals surface area contributed by atoms with Crippen molar-refractivity contribution in [3.8, 4) is 0 Å². The van der Waals surface area contributed by atoms with Crippen LogP contribution in [0.3, 0.4) is 0 Å². The minimum Gasteiger partial charge on any atom is -0.456 e. The Labute approximate surface area is 75.6 Å². The third-order valence-electron chi connectivity index (χ3n) is 0.896. The van der Waals surface area contributed by atoms with Gasteiger partial charge in [0.1, 0.15) is 0 Å². The van der Waals surface area contributed by atoms with Crippen LogP contribution in [0.5, 0.6) is 0 Å². The second-order valence-electron chi connectivity index (χ2n) is 3.26. The molecule has 62 valence electrons. The number of halogens is 1. The molecule has 1 aromatic rings. The molecule has 0 N–H and O–H groups in total. The van der Waals surface area contributed by atoms with E-state index in [1.165, 1.54) is 4.85 Å². The average molecular weight is 235 g/mol. The Morgan fingerprint density at radius 2 is 2.18 bits per heavy atom. The predicted molar refractivity (Wildman–Crippen MR) is 49.9 cm³/mol. The lowest BCUT2D eigenvalue weighted by Gasteiger charge is -2.16. The first-order chi connectivity index (χ1) is 4.97. The van der Waals surface area contributed by atoms with E-state index >= 15 is 0 Å². The van der Waals surface area contributed by atoms with Crippen molar-refractivity contribution in [3.05, 3.63) is 16.9 Å². The summed E-state index contributed by atoms with van der Waals surface area (Å²) in [6.07, 6.45) is 3.51. The maximum Gasteiger partial charge on any atom is 0.278 e. The molecule has 11 heavy (non-hydrogen) atoms. The molecule has 0 aliphatic carbocycles. The lowest BCUT2D eigenvalue weighted by atomic mass is 10.8. The van der Waals surface area contributed by atoms with Crippen molar-refractivity contribution in [2.75, 3.05) is 0 Å². The fourth-order valence-corrected chi connectivity index (χ4v) is 1.54. The molecule has 5 heteroatoms. The molecule has 0 saturated heterocycles. The zero-order chi connectivity index (χ0) is 8.48. The van der Waals surface area contributed by atoms with Crippen LogP contribution in [0.4, 0.5) is 0 Å². The molecule has 0 aliphatic heterocycles. The smallest absolute Gasteiger partial charge is 0.278 e. The van der Waals surface area contributed by atoms with Crippen molar-refractivity contribution in [1.82, 2.24) is 9.94 Å². The number of hydrogen-bond donors (Lipinski definition) is 0. The lowest BCUT2D eigenvalue weighted by Crippen LogP contribution is -2.36. The standard InChI is InChI=1S/C6H11BrN2OSi/c1-11(2,3)10-9-5-6(7)4-8-9/h4-5H,1-3H3. The molecule has 0 bridgehead atoms. The summed E-state index contributed by atoms with van der Waals surface area (Å²) >= 11 is 3.29. The maximum absolute atomic E-state index is 5.54. The van der Waals surface area contributed by atoms with Gasteiger partial charge in [0.05, 0.1) is 16.9 Å². The van der Waals surface area contributed by atoms with Crippen LogP contribution in [0.15, 0.2) is 16.9 Å². The number of aromatic nitrogens is 2. The van der Waals surface area contributed by atoms with Gasteiger partial charge in [0, 0.05) is 0 Å². The largest absolute Gasteiger partial charge is 0.456 e. The van der Waals surface area contributed by atoms with Gasteiger partial charge in [0.15, 0.2) is 0 Å². The predicted octanol–water partition coefficient (Wildman–Crippen LogP) is 1.91. The summed E-state index contributed by atoms with van der Waals surface area (Å²) in [5.41, 5.74) is 0. The Kier molecular flexibility index (Phi) is 2.39. The second kappa shape index (κ2) is 2.98. The molecule has 1 aromatic heterocycles. The normalized spacial score (nSPS) is 11.6. The van der Waals surface area contributed by atoms with Crippen LogP contribution in [0.25, 0.3) is 0 Å². The Morgan fingerprint density at radius 1 is 1.55 bits per heavy atom. The summed E-state index contributed by atoms with van der Waals surface area (Å²) in [6.45, 7) is 6.34. The minimum atomic E-state index is -1.51. The Morgan fingerprint density at radius 3 is 2.55 bits per heavy atom. The van der Waals surface area contributed by atoms with Gasteiger partial charge in [0.25, 0.3) is 8.32 Å². The van der Waals surface area contributed by atoms with E-state index in [0.29, 0.717) is 0 Å². The molecule has 0 unspecified atom stereocenters. The van der Waals surface area contributed by atoms with E-state index in [0.717, 1.165) is 4.47 Å². The lowest BCUT2D eigenvalue weighted by molar-refractivity contribution is 0.226. The van der Waals surface area contributed by atoms with E-state index in [4.69, 9.17) is 4.53 Å². The Hall–Kier alpha value is -0.293. The van der Waals surface area contributed by atoms with Gasteiger partial charge in [-0.25, -0.2) is 0 Å². The highest BCUT2D eigenvalue weighted by atomic mass is 79.9. The van der Waals surface area contributed by atoms with Gasteiger partial charge < -0.3 is 4.53 Å². The zero-order valence-electron chi connectivity index (χ0n) is 6.84. The first-order valence-electron chi connectivity index (χ1n) is 3.37. The molecule has 0 atom stereocenters. The number of rotatable bonds is 2. The van der Waals surface area contributed by atoms with Crippen molar-refractivity contribution in [2.45, 2.75) is 19.6 Å². The molecule has 0 aromatic carbocycles. The number of hydrogen-bond acceptors (Lipinski definition) is 2. The van der Waals surface area contributed by atoms with E-state index in [9.17, 15) is 0 Å². The summed E-state index contributed by atoms with van der Waals surface area (Å²) in [7, 11) is -1.51.